The highest BCUT2D eigenvalue weighted by Gasteiger charge is 2.45. The van der Waals surface area contributed by atoms with Gasteiger partial charge >= 0.3 is 0 Å². The molecular formula is C11H14N2O2. The van der Waals surface area contributed by atoms with Gasteiger partial charge in [-0.05, 0) is 31.4 Å². The molecular weight excluding hydrogens is 192 g/mol. The first-order chi connectivity index (χ1) is 7.19. The lowest BCUT2D eigenvalue weighted by atomic mass is 9.75. The van der Waals surface area contributed by atoms with Crippen LogP contribution in [-0.2, 0) is 4.74 Å². The summed E-state index contributed by atoms with van der Waals surface area (Å²) in [5.41, 5.74) is 5.49. The van der Waals surface area contributed by atoms with Gasteiger partial charge in [0.25, 0.3) is 0 Å². The van der Waals surface area contributed by atoms with Crippen molar-refractivity contribution in [2.75, 3.05) is 12.8 Å². The van der Waals surface area contributed by atoms with E-state index in [1.807, 2.05) is 0 Å². The second kappa shape index (κ2) is 3.62. The van der Waals surface area contributed by atoms with Crippen LogP contribution in [0.25, 0.3) is 0 Å². The zero-order valence-electron chi connectivity index (χ0n) is 8.69. The monoisotopic (exact) mass is 206 g/mol. The second-order valence-corrected chi connectivity index (χ2v) is 3.82. The Labute approximate surface area is 88.4 Å². The van der Waals surface area contributed by atoms with Crippen LogP contribution in [0, 0.1) is 0 Å². The van der Waals surface area contributed by atoms with Crippen molar-refractivity contribution in [3.05, 3.63) is 23.9 Å². The van der Waals surface area contributed by atoms with Gasteiger partial charge in [0, 0.05) is 13.3 Å². The number of carbonyl (C=O) groups is 1. The van der Waals surface area contributed by atoms with Crippen LogP contribution < -0.4 is 5.73 Å². The summed E-state index contributed by atoms with van der Waals surface area (Å²) in [6.07, 6.45) is 4.15. The molecule has 0 amide bonds. The highest BCUT2D eigenvalue weighted by Crippen LogP contribution is 2.38. The molecule has 1 aliphatic rings. The maximum absolute atomic E-state index is 12.2. The van der Waals surface area contributed by atoms with Crippen LogP contribution in [-0.4, -0.2) is 23.5 Å². The van der Waals surface area contributed by atoms with E-state index in [2.05, 4.69) is 4.98 Å². The average Bonchev–Trinajstić information content (AvgIpc) is 2.17. The van der Waals surface area contributed by atoms with E-state index < -0.39 is 5.60 Å². The predicted molar refractivity (Wildman–Crippen MR) is 56.6 cm³/mol. The summed E-state index contributed by atoms with van der Waals surface area (Å²) < 4.78 is 5.31. The van der Waals surface area contributed by atoms with Gasteiger partial charge in [0.05, 0.1) is 5.56 Å². The predicted octanol–water partition coefficient (Wildman–Crippen LogP) is 1.42. The van der Waals surface area contributed by atoms with Crippen LogP contribution >= 0.6 is 0 Å². The lowest BCUT2D eigenvalue weighted by Gasteiger charge is -2.38. The molecule has 0 spiro atoms. The third kappa shape index (κ3) is 1.51. The van der Waals surface area contributed by atoms with E-state index in [9.17, 15) is 4.79 Å². The number of anilines is 1. The number of hydrogen-bond acceptors (Lipinski definition) is 4. The lowest BCUT2D eigenvalue weighted by Crippen LogP contribution is -2.47. The molecule has 0 aliphatic heterocycles. The molecule has 1 heterocycles. The number of methoxy groups -OCH3 is 1. The molecule has 2 rings (SSSR count). The topological polar surface area (TPSA) is 65.2 Å². The fraction of sp³-hybridized carbons (Fsp3) is 0.455. The van der Waals surface area contributed by atoms with Crippen molar-refractivity contribution in [2.45, 2.75) is 24.9 Å². The Morgan fingerprint density at radius 2 is 2.33 bits per heavy atom. The summed E-state index contributed by atoms with van der Waals surface area (Å²) in [7, 11) is 1.57. The van der Waals surface area contributed by atoms with Gasteiger partial charge in [-0.3, -0.25) is 4.79 Å². The molecule has 1 fully saturated rings. The van der Waals surface area contributed by atoms with Gasteiger partial charge < -0.3 is 10.5 Å². The smallest absolute Gasteiger partial charge is 0.198 e. The first-order valence-electron chi connectivity index (χ1n) is 5.00. The van der Waals surface area contributed by atoms with E-state index in [4.69, 9.17) is 10.5 Å². The van der Waals surface area contributed by atoms with Crippen molar-refractivity contribution in [1.82, 2.24) is 4.98 Å². The van der Waals surface area contributed by atoms with E-state index in [0.717, 1.165) is 19.3 Å². The number of carbonyl (C=O) groups excluding carboxylic acids is 1. The molecule has 0 atom stereocenters. The van der Waals surface area contributed by atoms with Gasteiger partial charge in [-0.1, -0.05) is 0 Å². The summed E-state index contributed by atoms with van der Waals surface area (Å²) in [6.45, 7) is 0. The fourth-order valence-corrected chi connectivity index (χ4v) is 1.88. The zero-order chi connectivity index (χ0) is 10.9. The van der Waals surface area contributed by atoms with Gasteiger partial charge in [-0.2, -0.15) is 0 Å². The van der Waals surface area contributed by atoms with Crippen LogP contribution in [0.1, 0.15) is 29.6 Å². The molecule has 1 aromatic heterocycles. The number of nitrogen functional groups attached to an aromatic ring is 1. The largest absolute Gasteiger partial charge is 0.383 e. The lowest BCUT2D eigenvalue weighted by molar-refractivity contribution is -0.0447. The zero-order valence-corrected chi connectivity index (χ0v) is 8.69. The number of aromatic nitrogens is 1. The molecule has 80 valence electrons. The number of ketones is 1. The van der Waals surface area contributed by atoms with Gasteiger partial charge in [-0.15, -0.1) is 0 Å². The normalized spacial score (nSPS) is 18.2. The number of pyridine rings is 1. The summed E-state index contributed by atoms with van der Waals surface area (Å²) in [4.78, 5) is 16.1. The van der Waals surface area contributed by atoms with Crippen LogP contribution in [0.2, 0.25) is 0 Å². The Morgan fingerprint density at radius 3 is 2.80 bits per heavy atom. The van der Waals surface area contributed by atoms with Crippen molar-refractivity contribution >= 4 is 11.6 Å². The number of rotatable bonds is 3. The van der Waals surface area contributed by atoms with Crippen LogP contribution in [0.5, 0.6) is 0 Å². The highest BCUT2D eigenvalue weighted by atomic mass is 16.5. The fourth-order valence-electron chi connectivity index (χ4n) is 1.88. The average molecular weight is 206 g/mol. The number of ether oxygens (including phenoxy) is 1. The molecule has 1 aliphatic carbocycles. The minimum absolute atomic E-state index is 0.0400. The van der Waals surface area contributed by atoms with Gasteiger partial charge in [0.1, 0.15) is 11.4 Å². The van der Waals surface area contributed by atoms with Gasteiger partial charge in [-0.25, -0.2) is 4.98 Å². The second-order valence-electron chi connectivity index (χ2n) is 3.82. The van der Waals surface area contributed by atoms with E-state index in [1.54, 1.807) is 25.4 Å². The van der Waals surface area contributed by atoms with Crippen molar-refractivity contribution in [3.8, 4) is 0 Å². The molecule has 4 nitrogen and oxygen atoms in total. The first-order valence-corrected chi connectivity index (χ1v) is 5.00. The number of nitrogens with two attached hydrogens (primary N) is 1. The number of Topliss-reactive ketones (excluding diaryl/α,β-unsaturated/α-hetero) is 1. The number of nitrogens with zero attached hydrogens (tertiary/aromatic N) is 1. The maximum atomic E-state index is 12.2. The molecule has 1 saturated carbocycles. The Bertz CT molecular complexity index is 380. The Morgan fingerprint density at radius 1 is 1.60 bits per heavy atom. The molecule has 4 heteroatoms. The Balaban J connectivity index is 2.32. The van der Waals surface area contributed by atoms with E-state index >= 15 is 0 Å². The molecule has 0 unspecified atom stereocenters. The van der Waals surface area contributed by atoms with Crippen molar-refractivity contribution in [1.29, 1.82) is 0 Å². The minimum atomic E-state index is -0.642. The summed E-state index contributed by atoms with van der Waals surface area (Å²) in [6, 6.07) is 3.41. The minimum Gasteiger partial charge on any atom is -0.383 e. The molecule has 0 saturated heterocycles. The SMILES string of the molecule is COC1(C(=O)c2cccnc2N)CCC1. The maximum Gasteiger partial charge on any atom is 0.198 e. The van der Waals surface area contributed by atoms with Gasteiger partial charge in [0.15, 0.2) is 5.78 Å². The molecule has 0 aromatic carbocycles. The van der Waals surface area contributed by atoms with Crippen molar-refractivity contribution in [3.63, 3.8) is 0 Å². The highest BCUT2D eigenvalue weighted by molar-refractivity contribution is 6.06. The van der Waals surface area contributed by atoms with E-state index in [0.29, 0.717) is 5.56 Å². The van der Waals surface area contributed by atoms with E-state index in [-0.39, 0.29) is 11.6 Å². The first kappa shape index (κ1) is 10.1. The molecule has 1 aromatic rings. The standard InChI is InChI=1S/C11H14N2O2/c1-15-11(5-3-6-11)9(14)8-4-2-7-13-10(8)12/h2,4,7H,3,5-6H2,1H3,(H2,12,13). The summed E-state index contributed by atoms with van der Waals surface area (Å²) in [5.74, 6) is 0.243. The van der Waals surface area contributed by atoms with Crippen LogP contribution in [0.3, 0.4) is 0 Å². The van der Waals surface area contributed by atoms with E-state index in [1.165, 1.54) is 0 Å². The van der Waals surface area contributed by atoms with Crippen LogP contribution in [0.4, 0.5) is 5.82 Å². The molecule has 2 N–H and O–H groups in total. The van der Waals surface area contributed by atoms with Crippen LogP contribution in [0.15, 0.2) is 18.3 Å². The van der Waals surface area contributed by atoms with Gasteiger partial charge in [0.2, 0.25) is 0 Å². The third-order valence-corrected chi connectivity index (χ3v) is 3.05. The summed E-state index contributed by atoms with van der Waals surface area (Å²) >= 11 is 0. The van der Waals surface area contributed by atoms with Crippen molar-refractivity contribution in [2.24, 2.45) is 0 Å². The third-order valence-electron chi connectivity index (χ3n) is 3.05. The molecule has 0 bridgehead atoms. The Kier molecular flexibility index (Phi) is 2.44. The summed E-state index contributed by atoms with van der Waals surface area (Å²) in [5, 5.41) is 0. The van der Waals surface area contributed by atoms with Crippen molar-refractivity contribution < 1.29 is 9.53 Å². The molecule has 0 radical (unpaired) electrons. The quantitative estimate of drug-likeness (QED) is 0.759. The Hall–Kier alpha value is -1.42. The number of hydrogen-bond donors (Lipinski definition) is 1. The molecule has 15 heavy (non-hydrogen) atoms.